The second-order valence-corrected chi connectivity index (χ2v) is 7.26. The molecule has 4 rings (SSSR count). The number of hydrogen-bond donors (Lipinski definition) is 0. The normalized spacial score (nSPS) is 16.1. The highest BCUT2D eigenvalue weighted by atomic mass is 32.1. The maximum absolute atomic E-state index is 13.1. The Morgan fingerprint density at radius 2 is 1.96 bits per heavy atom. The van der Waals surface area contributed by atoms with Crippen LogP contribution in [0.15, 0.2) is 66.2 Å². The maximum atomic E-state index is 13.1. The highest BCUT2D eigenvalue weighted by Crippen LogP contribution is 2.28. The Labute approximate surface area is 161 Å². The quantitative estimate of drug-likeness (QED) is 0.629. The van der Waals surface area contributed by atoms with E-state index in [-0.39, 0.29) is 18.3 Å². The van der Waals surface area contributed by atoms with Crippen LogP contribution in [0.3, 0.4) is 0 Å². The lowest BCUT2D eigenvalue weighted by Gasteiger charge is -2.25. The predicted octanol–water partition coefficient (Wildman–Crippen LogP) is 4.05. The molecule has 0 bridgehead atoms. The second-order valence-electron chi connectivity index (χ2n) is 6.28. The molecule has 1 saturated heterocycles. The van der Waals surface area contributed by atoms with Gasteiger partial charge in [0.25, 0.3) is 5.91 Å². The van der Waals surface area contributed by atoms with Gasteiger partial charge in [-0.05, 0) is 23.3 Å². The van der Waals surface area contributed by atoms with Crippen LogP contribution >= 0.6 is 11.3 Å². The van der Waals surface area contributed by atoms with Crippen LogP contribution < -0.4 is 4.90 Å². The van der Waals surface area contributed by atoms with Gasteiger partial charge in [0, 0.05) is 30.1 Å². The maximum Gasteiger partial charge on any atom is 0.306 e. The number of amides is 1. The number of thiazole rings is 1. The van der Waals surface area contributed by atoms with E-state index in [1.165, 1.54) is 11.3 Å². The Hall–Kier alpha value is -2.99. The third kappa shape index (κ3) is 3.90. The number of rotatable bonds is 5. The van der Waals surface area contributed by atoms with Crippen molar-refractivity contribution in [3.63, 3.8) is 0 Å². The van der Waals surface area contributed by atoms with E-state index in [1.54, 1.807) is 11.1 Å². The molecule has 0 N–H and O–H groups in total. The predicted molar refractivity (Wildman–Crippen MR) is 104 cm³/mol. The molecule has 0 aliphatic carbocycles. The van der Waals surface area contributed by atoms with Gasteiger partial charge in [-0.2, -0.15) is 0 Å². The van der Waals surface area contributed by atoms with E-state index in [0.717, 1.165) is 21.8 Å². The van der Waals surface area contributed by atoms with E-state index < -0.39 is 6.10 Å². The number of hydrogen-bond acceptors (Lipinski definition) is 5. The Bertz CT molecular complexity index is 941. The first-order valence-electron chi connectivity index (χ1n) is 8.75. The fraction of sp³-hybridized carbons (Fsp3) is 0.190. The zero-order valence-corrected chi connectivity index (χ0v) is 15.4. The number of benzene rings is 2. The molecule has 1 atom stereocenters. The molecule has 1 aromatic heterocycles. The minimum Gasteiger partial charge on any atom is -0.452 e. The van der Waals surface area contributed by atoms with Crippen molar-refractivity contribution in [3.8, 4) is 11.1 Å². The number of aromatic nitrogens is 1. The third-order valence-electron chi connectivity index (χ3n) is 4.47. The molecule has 0 saturated carbocycles. The Morgan fingerprint density at radius 1 is 1.15 bits per heavy atom. The first kappa shape index (κ1) is 17.4. The first-order chi connectivity index (χ1) is 13.2. The molecule has 1 aliphatic rings. The molecule has 1 fully saturated rings. The fourth-order valence-corrected chi connectivity index (χ4v) is 3.72. The van der Waals surface area contributed by atoms with Crippen LogP contribution in [0.25, 0.3) is 11.1 Å². The molecular weight excluding hydrogens is 360 g/mol. The van der Waals surface area contributed by atoms with Crippen molar-refractivity contribution in [2.75, 3.05) is 4.90 Å². The van der Waals surface area contributed by atoms with Crippen molar-refractivity contribution < 1.29 is 14.3 Å². The highest BCUT2D eigenvalue weighted by molar-refractivity contribution is 7.09. The van der Waals surface area contributed by atoms with Crippen LogP contribution in [-0.2, 0) is 20.9 Å². The smallest absolute Gasteiger partial charge is 0.306 e. The van der Waals surface area contributed by atoms with Crippen LogP contribution in [0.1, 0.15) is 17.8 Å². The SMILES string of the molecule is O=C1CC[C@H](C(=O)N(Cc2nccs2)c2cccc(-c3ccccc3)c2)O1. The molecule has 27 heavy (non-hydrogen) atoms. The van der Waals surface area contributed by atoms with E-state index in [2.05, 4.69) is 4.98 Å². The zero-order valence-electron chi connectivity index (χ0n) is 14.6. The highest BCUT2D eigenvalue weighted by Gasteiger charge is 2.34. The monoisotopic (exact) mass is 378 g/mol. The van der Waals surface area contributed by atoms with Crippen LogP contribution in [0, 0.1) is 0 Å². The number of carbonyl (C=O) groups is 2. The standard InChI is InChI=1S/C21H18N2O3S/c24-20-10-9-18(26-20)21(25)23(14-19-22-11-12-27-19)17-8-4-7-16(13-17)15-5-2-1-3-6-15/h1-8,11-13,18H,9-10,14H2/t18-/m1/s1. The summed E-state index contributed by atoms with van der Waals surface area (Å²) in [5.74, 6) is -0.526. The van der Waals surface area contributed by atoms with Gasteiger partial charge in [-0.3, -0.25) is 9.59 Å². The molecule has 1 amide bonds. The summed E-state index contributed by atoms with van der Waals surface area (Å²) in [5, 5.41) is 2.71. The van der Waals surface area contributed by atoms with Gasteiger partial charge in [-0.25, -0.2) is 4.98 Å². The van der Waals surface area contributed by atoms with Crippen LogP contribution in [0.5, 0.6) is 0 Å². The van der Waals surface area contributed by atoms with Gasteiger partial charge in [-0.15, -0.1) is 11.3 Å². The Balaban J connectivity index is 1.67. The summed E-state index contributed by atoms with van der Waals surface area (Å²) < 4.78 is 5.21. The summed E-state index contributed by atoms with van der Waals surface area (Å²) in [7, 11) is 0. The number of ether oxygens (including phenoxy) is 1. The molecule has 5 nitrogen and oxygen atoms in total. The molecule has 6 heteroatoms. The van der Waals surface area contributed by atoms with Gasteiger partial charge in [0.1, 0.15) is 5.01 Å². The molecule has 3 aromatic rings. The lowest BCUT2D eigenvalue weighted by Crippen LogP contribution is -2.38. The summed E-state index contributed by atoms with van der Waals surface area (Å²) >= 11 is 1.49. The number of cyclic esters (lactones) is 1. The zero-order chi connectivity index (χ0) is 18.6. The van der Waals surface area contributed by atoms with Gasteiger partial charge in [0.2, 0.25) is 0 Å². The van der Waals surface area contributed by atoms with Crippen molar-refractivity contribution in [1.29, 1.82) is 0 Å². The minimum atomic E-state index is -0.724. The molecular formula is C21H18N2O3S. The minimum absolute atomic E-state index is 0.207. The van der Waals surface area contributed by atoms with Crippen molar-refractivity contribution in [2.45, 2.75) is 25.5 Å². The van der Waals surface area contributed by atoms with E-state index in [0.29, 0.717) is 13.0 Å². The molecule has 2 heterocycles. The van der Waals surface area contributed by atoms with Crippen molar-refractivity contribution in [1.82, 2.24) is 4.98 Å². The van der Waals surface area contributed by atoms with E-state index in [1.807, 2.05) is 60.0 Å². The Morgan fingerprint density at radius 3 is 2.67 bits per heavy atom. The molecule has 2 aromatic carbocycles. The topological polar surface area (TPSA) is 59.5 Å². The van der Waals surface area contributed by atoms with Crippen molar-refractivity contribution in [3.05, 3.63) is 71.2 Å². The van der Waals surface area contributed by atoms with Crippen molar-refractivity contribution >= 4 is 28.9 Å². The van der Waals surface area contributed by atoms with Crippen LogP contribution in [0.2, 0.25) is 0 Å². The summed E-state index contributed by atoms with van der Waals surface area (Å²) in [6.45, 7) is 0.350. The largest absolute Gasteiger partial charge is 0.452 e. The summed E-state index contributed by atoms with van der Waals surface area (Å²) in [4.78, 5) is 30.5. The van der Waals surface area contributed by atoms with Crippen LogP contribution in [-0.4, -0.2) is 23.0 Å². The first-order valence-corrected chi connectivity index (χ1v) is 9.63. The molecule has 0 unspecified atom stereocenters. The lowest BCUT2D eigenvalue weighted by molar-refractivity contribution is -0.147. The van der Waals surface area contributed by atoms with Gasteiger partial charge in [0.05, 0.1) is 6.54 Å². The van der Waals surface area contributed by atoms with E-state index in [9.17, 15) is 9.59 Å². The molecule has 0 radical (unpaired) electrons. The average Bonchev–Trinajstić information content (AvgIpc) is 3.38. The summed E-state index contributed by atoms with van der Waals surface area (Å²) in [5.41, 5.74) is 2.86. The van der Waals surface area contributed by atoms with E-state index >= 15 is 0 Å². The van der Waals surface area contributed by atoms with Gasteiger partial charge < -0.3 is 9.64 Å². The second kappa shape index (κ2) is 7.72. The Kier molecular flexibility index (Phi) is 4.98. The lowest BCUT2D eigenvalue weighted by atomic mass is 10.0. The average molecular weight is 378 g/mol. The molecule has 1 aliphatic heterocycles. The van der Waals surface area contributed by atoms with Crippen LogP contribution in [0.4, 0.5) is 5.69 Å². The van der Waals surface area contributed by atoms with Gasteiger partial charge in [-0.1, -0.05) is 42.5 Å². The number of esters is 1. The number of carbonyl (C=O) groups excluding carboxylic acids is 2. The van der Waals surface area contributed by atoms with E-state index in [4.69, 9.17) is 4.74 Å². The van der Waals surface area contributed by atoms with Crippen molar-refractivity contribution in [2.24, 2.45) is 0 Å². The summed E-state index contributed by atoms with van der Waals surface area (Å²) in [6.07, 6.45) is 1.70. The van der Waals surface area contributed by atoms with Gasteiger partial charge in [0.15, 0.2) is 6.10 Å². The summed E-state index contributed by atoms with van der Waals surface area (Å²) in [6, 6.07) is 17.8. The molecule has 0 spiro atoms. The third-order valence-corrected chi connectivity index (χ3v) is 5.23. The van der Waals surface area contributed by atoms with Gasteiger partial charge >= 0.3 is 5.97 Å². The number of nitrogens with zero attached hydrogens (tertiary/aromatic N) is 2. The number of anilines is 1. The fourth-order valence-electron chi connectivity index (χ4n) is 3.12. The molecule has 136 valence electrons.